The molecule has 7 rings (SSSR count). The molecule has 2 aromatic heterocycles. The Morgan fingerprint density at radius 2 is 1.87 bits per heavy atom. The van der Waals surface area contributed by atoms with Gasteiger partial charge in [-0.15, -0.1) is 0 Å². The van der Waals surface area contributed by atoms with Crippen molar-refractivity contribution in [3.8, 4) is 5.75 Å². The molecule has 3 aliphatic rings. The normalized spacial score (nSPS) is 19.2. The maximum Gasteiger partial charge on any atom is 0.275 e. The number of hydrogen-bond acceptors (Lipinski definition) is 6. The number of amides is 2. The van der Waals surface area contributed by atoms with Crippen molar-refractivity contribution in [2.75, 3.05) is 25.1 Å². The standard InChI is InChI=1S/C27H22ClF2N5O4/c1-33-19-10-21-18(31-25(39-21)14-2-3-14)9-22(19)38-12-20(26(33)36)34-5-4-17-23(27(34)37)32-35(24(17)28)11-13-6-15(29)8-16(30)7-13/h6-10,14,20H,2-5,11-12H2,1H3/t20-/m0/s1. The second-order valence-electron chi connectivity index (χ2n) is 10.1. The largest absolute Gasteiger partial charge is 0.489 e. The molecule has 9 nitrogen and oxygen atoms in total. The van der Waals surface area contributed by atoms with Gasteiger partial charge < -0.3 is 19.0 Å². The molecule has 0 radical (unpaired) electrons. The first-order valence-electron chi connectivity index (χ1n) is 12.6. The number of aromatic nitrogens is 3. The quantitative estimate of drug-likeness (QED) is 0.374. The van der Waals surface area contributed by atoms with Crippen LogP contribution in [0.3, 0.4) is 0 Å². The Kier molecular flexibility index (Phi) is 5.41. The number of hydrogen-bond donors (Lipinski definition) is 0. The third-order valence-electron chi connectivity index (χ3n) is 7.47. The van der Waals surface area contributed by atoms with Crippen LogP contribution in [0.25, 0.3) is 11.1 Å². The topological polar surface area (TPSA) is 93.7 Å². The third-order valence-corrected chi connectivity index (χ3v) is 7.89. The summed E-state index contributed by atoms with van der Waals surface area (Å²) in [6, 6.07) is 5.76. The number of carbonyl (C=O) groups is 2. The third kappa shape index (κ3) is 4.03. The number of halogens is 3. The van der Waals surface area contributed by atoms with E-state index in [1.807, 2.05) is 0 Å². The molecule has 0 unspecified atom stereocenters. The van der Waals surface area contributed by atoms with Crippen LogP contribution in [0.4, 0.5) is 14.5 Å². The lowest BCUT2D eigenvalue weighted by Crippen LogP contribution is -2.54. The van der Waals surface area contributed by atoms with Crippen molar-refractivity contribution in [3.63, 3.8) is 0 Å². The van der Waals surface area contributed by atoms with Gasteiger partial charge in [-0.05, 0) is 37.0 Å². The first-order valence-corrected chi connectivity index (χ1v) is 13.0. The van der Waals surface area contributed by atoms with Gasteiger partial charge in [-0.2, -0.15) is 5.10 Å². The molecule has 1 atom stereocenters. The number of nitrogens with zero attached hydrogens (tertiary/aromatic N) is 5. The zero-order valence-corrected chi connectivity index (χ0v) is 21.5. The van der Waals surface area contributed by atoms with Crippen molar-refractivity contribution in [3.05, 3.63) is 69.8 Å². The first kappa shape index (κ1) is 24.1. The number of benzene rings is 2. The highest BCUT2D eigenvalue weighted by Gasteiger charge is 2.41. The number of likely N-dealkylation sites (N-methyl/N-ethyl adjacent to an activating group) is 1. The second-order valence-corrected chi connectivity index (χ2v) is 10.5. The van der Waals surface area contributed by atoms with Crippen molar-refractivity contribution in [1.82, 2.24) is 19.7 Å². The molecule has 4 heterocycles. The van der Waals surface area contributed by atoms with Gasteiger partial charge >= 0.3 is 0 Å². The van der Waals surface area contributed by atoms with Gasteiger partial charge in [-0.1, -0.05) is 11.6 Å². The zero-order valence-electron chi connectivity index (χ0n) is 20.8. The summed E-state index contributed by atoms with van der Waals surface area (Å²) >= 11 is 6.51. The van der Waals surface area contributed by atoms with E-state index in [1.165, 1.54) is 26.6 Å². The van der Waals surface area contributed by atoms with Crippen molar-refractivity contribution in [2.45, 2.75) is 37.8 Å². The lowest BCUT2D eigenvalue weighted by molar-refractivity contribution is -0.123. The van der Waals surface area contributed by atoms with Crippen LogP contribution in [-0.2, 0) is 17.8 Å². The van der Waals surface area contributed by atoms with Gasteiger partial charge in [0.1, 0.15) is 40.7 Å². The lowest BCUT2D eigenvalue weighted by Gasteiger charge is -2.33. The van der Waals surface area contributed by atoms with E-state index in [4.69, 9.17) is 20.8 Å². The highest BCUT2D eigenvalue weighted by molar-refractivity contribution is 6.31. The average molecular weight is 554 g/mol. The van der Waals surface area contributed by atoms with Crippen molar-refractivity contribution >= 4 is 40.2 Å². The molecular formula is C27H22ClF2N5O4. The van der Waals surface area contributed by atoms with Crippen LogP contribution < -0.4 is 9.64 Å². The summed E-state index contributed by atoms with van der Waals surface area (Å²) in [5.74, 6) is -0.679. The predicted molar refractivity (Wildman–Crippen MR) is 136 cm³/mol. The molecule has 2 aromatic carbocycles. The van der Waals surface area contributed by atoms with Gasteiger partial charge in [0.25, 0.3) is 11.8 Å². The van der Waals surface area contributed by atoms with Crippen molar-refractivity contribution in [1.29, 1.82) is 0 Å². The van der Waals surface area contributed by atoms with Crippen molar-refractivity contribution in [2.24, 2.45) is 0 Å². The summed E-state index contributed by atoms with van der Waals surface area (Å²) in [6.45, 7) is 0.159. The lowest BCUT2D eigenvalue weighted by atomic mass is 10.0. The van der Waals surface area contributed by atoms with Crippen LogP contribution >= 0.6 is 11.6 Å². The van der Waals surface area contributed by atoms with Crippen LogP contribution in [0.1, 0.15) is 46.3 Å². The number of ether oxygens (including phenoxy) is 1. The van der Waals surface area contributed by atoms with Gasteiger partial charge in [0.05, 0.1) is 12.2 Å². The molecule has 200 valence electrons. The maximum absolute atomic E-state index is 13.7. The van der Waals surface area contributed by atoms with Crippen LogP contribution in [0.2, 0.25) is 5.15 Å². The molecule has 0 N–H and O–H groups in total. The first-order chi connectivity index (χ1) is 18.8. The molecule has 0 spiro atoms. The molecule has 1 saturated carbocycles. The van der Waals surface area contributed by atoms with Gasteiger partial charge in [-0.25, -0.2) is 18.4 Å². The highest BCUT2D eigenvalue weighted by Crippen LogP contribution is 2.43. The summed E-state index contributed by atoms with van der Waals surface area (Å²) in [6.07, 6.45) is 2.47. The van der Waals surface area contributed by atoms with Crippen LogP contribution in [-0.4, -0.2) is 57.7 Å². The Hall–Kier alpha value is -3.99. The fourth-order valence-corrected chi connectivity index (χ4v) is 5.55. The number of carbonyl (C=O) groups excluding carboxylic acids is 2. The predicted octanol–water partition coefficient (Wildman–Crippen LogP) is 4.30. The minimum absolute atomic E-state index is 0.0189. The van der Waals surface area contributed by atoms with Crippen LogP contribution in [0, 0.1) is 11.6 Å². The summed E-state index contributed by atoms with van der Waals surface area (Å²) in [4.78, 5) is 34.6. The SMILES string of the molecule is CN1C(=O)[C@@H](N2CCc3c(nn(Cc4cc(F)cc(F)c4)c3Cl)C2=O)COc2cc3nc(C4CC4)oc3cc21. The Balaban J connectivity index is 1.15. The molecule has 0 bridgehead atoms. The molecule has 2 amide bonds. The molecule has 39 heavy (non-hydrogen) atoms. The Bertz CT molecular complexity index is 1660. The van der Waals surface area contributed by atoms with Gasteiger partial charge in [-0.3, -0.25) is 9.59 Å². The second kappa shape index (κ2) is 8.77. The fourth-order valence-electron chi connectivity index (χ4n) is 5.27. The summed E-state index contributed by atoms with van der Waals surface area (Å²) in [7, 11) is 1.64. The minimum Gasteiger partial charge on any atom is -0.489 e. The van der Waals surface area contributed by atoms with E-state index in [9.17, 15) is 18.4 Å². The summed E-state index contributed by atoms with van der Waals surface area (Å²) in [5.41, 5.74) is 2.73. The Morgan fingerprint density at radius 1 is 1.10 bits per heavy atom. The Morgan fingerprint density at radius 3 is 2.62 bits per heavy atom. The highest BCUT2D eigenvalue weighted by atomic mass is 35.5. The number of fused-ring (bicyclic) bond motifs is 3. The Labute approximate surface area is 225 Å². The smallest absolute Gasteiger partial charge is 0.275 e. The van der Waals surface area contributed by atoms with Crippen LogP contribution in [0.15, 0.2) is 34.7 Å². The molecular weight excluding hydrogens is 532 g/mol. The minimum atomic E-state index is -0.898. The van der Waals surface area contributed by atoms with Gasteiger partial charge in [0, 0.05) is 43.3 Å². The number of rotatable bonds is 4. The van der Waals surface area contributed by atoms with E-state index in [0.29, 0.717) is 51.9 Å². The maximum atomic E-state index is 13.7. The zero-order chi connectivity index (χ0) is 27.0. The van der Waals surface area contributed by atoms with E-state index < -0.39 is 23.6 Å². The average Bonchev–Trinajstić information content (AvgIpc) is 3.61. The van der Waals surface area contributed by atoms with Gasteiger partial charge in [0.2, 0.25) is 0 Å². The van der Waals surface area contributed by atoms with E-state index >= 15 is 0 Å². The van der Waals surface area contributed by atoms with E-state index in [0.717, 1.165) is 18.9 Å². The van der Waals surface area contributed by atoms with Crippen molar-refractivity contribution < 1.29 is 27.5 Å². The molecule has 4 aromatic rings. The number of oxazole rings is 1. The molecule has 2 aliphatic heterocycles. The molecule has 1 fully saturated rings. The van der Waals surface area contributed by atoms with E-state index in [1.54, 1.807) is 19.2 Å². The number of anilines is 1. The van der Waals surface area contributed by atoms with E-state index in [-0.39, 0.29) is 36.5 Å². The van der Waals surface area contributed by atoms with Gasteiger partial charge in [0.15, 0.2) is 17.2 Å². The molecule has 0 saturated heterocycles. The fraction of sp³-hybridized carbons (Fsp3) is 0.333. The monoisotopic (exact) mass is 553 g/mol. The molecule has 1 aliphatic carbocycles. The summed E-state index contributed by atoms with van der Waals surface area (Å²) in [5, 5.41) is 4.58. The van der Waals surface area contributed by atoms with E-state index in [2.05, 4.69) is 10.1 Å². The van der Waals surface area contributed by atoms with Crippen LogP contribution in [0.5, 0.6) is 5.75 Å². The molecule has 12 heteroatoms. The summed E-state index contributed by atoms with van der Waals surface area (Å²) < 4.78 is 40.7.